The number of hydrogen-bond acceptors (Lipinski definition) is 1. The van der Waals surface area contributed by atoms with Crippen LogP contribution in [0.4, 0.5) is 0 Å². The maximum atomic E-state index is 5.98. The molecular weight excluding hydrogens is 326 g/mol. The molecule has 5 rings (SSSR count). The van der Waals surface area contributed by atoms with Crippen molar-refractivity contribution in [2.75, 3.05) is 0 Å². The van der Waals surface area contributed by atoms with E-state index in [4.69, 9.17) is 4.42 Å². The standard InChI is InChI=1S/C18H10BrNO/c19-10-5-6-15-12(7-10)13-9-18-14(8-16(13)20-15)11-3-1-2-4-17(11)21-18/h1-9,20H. The van der Waals surface area contributed by atoms with Crippen LogP contribution >= 0.6 is 15.9 Å². The molecule has 0 aliphatic rings. The smallest absolute Gasteiger partial charge is 0.136 e. The van der Waals surface area contributed by atoms with Crippen LogP contribution in [0.1, 0.15) is 0 Å². The second-order valence-corrected chi connectivity index (χ2v) is 6.22. The van der Waals surface area contributed by atoms with Crippen LogP contribution in [0.15, 0.2) is 63.5 Å². The number of nitrogens with one attached hydrogen (secondary N) is 1. The van der Waals surface area contributed by atoms with Crippen molar-refractivity contribution in [1.82, 2.24) is 4.98 Å². The van der Waals surface area contributed by atoms with Crippen LogP contribution in [0.3, 0.4) is 0 Å². The minimum atomic E-state index is 0.935. The van der Waals surface area contributed by atoms with Crippen LogP contribution in [-0.4, -0.2) is 4.98 Å². The van der Waals surface area contributed by atoms with E-state index in [-0.39, 0.29) is 0 Å². The number of hydrogen-bond donors (Lipinski definition) is 1. The number of fused-ring (bicyclic) bond motifs is 6. The van der Waals surface area contributed by atoms with Crippen LogP contribution in [-0.2, 0) is 0 Å². The van der Waals surface area contributed by atoms with Gasteiger partial charge >= 0.3 is 0 Å². The molecular formula is C18H10BrNO. The van der Waals surface area contributed by atoms with Gasteiger partial charge in [0.05, 0.1) is 0 Å². The van der Waals surface area contributed by atoms with Crippen molar-refractivity contribution in [2.45, 2.75) is 0 Å². The Kier molecular flexibility index (Phi) is 2.11. The van der Waals surface area contributed by atoms with Crippen LogP contribution < -0.4 is 0 Å². The van der Waals surface area contributed by atoms with Crippen molar-refractivity contribution >= 4 is 59.7 Å². The summed E-state index contributed by atoms with van der Waals surface area (Å²) in [6.45, 7) is 0. The predicted molar refractivity (Wildman–Crippen MR) is 90.8 cm³/mol. The van der Waals surface area contributed by atoms with Crippen molar-refractivity contribution in [1.29, 1.82) is 0 Å². The third-order valence-electron chi connectivity index (χ3n) is 4.06. The van der Waals surface area contributed by atoms with Gasteiger partial charge in [-0.25, -0.2) is 0 Å². The molecule has 2 nitrogen and oxygen atoms in total. The second kappa shape index (κ2) is 3.89. The number of benzene rings is 3. The number of rotatable bonds is 0. The fraction of sp³-hybridized carbons (Fsp3) is 0. The van der Waals surface area contributed by atoms with Gasteiger partial charge in [0.15, 0.2) is 0 Å². The van der Waals surface area contributed by atoms with Crippen LogP contribution in [0.2, 0.25) is 0 Å². The molecule has 0 radical (unpaired) electrons. The number of furan rings is 1. The van der Waals surface area contributed by atoms with Gasteiger partial charge in [0.2, 0.25) is 0 Å². The lowest BCUT2D eigenvalue weighted by atomic mass is 10.1. The van der Waals surface area contributed by atoms with Crippen molar-refractivity contribution in [2.24, 2.45) is 0 Å². The Labute approximate surface area is 128 Å². The molecule has 100 valence electrons. The van der Waals surface area contributed by atoms with Gasteiger partial charge < -0.3 is 9.40 Å². The van der Waals surface area contributed by atoms with Gasteiger partial charge in [0.25, 0.3) is 0 Å². The van der Waals surface area contributed by atoms with E-state index in [1.807, 2.05) is 18.2 Å². The highest BCUT2D eigenvalue weighted by Crippen LogP contribution is 2.35. The van der Waals surface area contributed by atoms with Gasteiger partial charge in [-0.3, -0.25) is 0 Å². The monoisotopic (exact) mass is 335 g/mol. The minimum absolute atomic E-state index is 0.935. The van der Waals surface area contributed by atoms with E-state index < -0.39 is 0 Å². The molecule has 0 unspecified atom stereocenters. The summed E-state index contributed by atoms with van der Waals surface area (Å²) in [6.07, 6.45) is 0. The van der Waals surface area contributed by atoms with E-state index in [0.29, 0.717) is 0 Å². The highest BCUT2D eigenvalue weighted by atomic mass is 79.9. The molecule has 0 fully saturated rings. The first-order valence-electron chi connectivity index (χ1n) is 6.82. The maximum Gasteiger partial charge on any atom is 0.136 e. The Morgan fingerprint density at radius 1 is 0.714 bits per heavy atom. The Hall–Kier alpha value is -2.26. The molecule has 0 saturated carbocycles. The summed E-state index contributed by atoms with van der Waals surface area (Å²) < 4.78 is 7.07. The molecule has 0 atom stereocenters. The van der Waals surface area contributed by atoms with Crippen molar-refractivity contribution in [3.05, 3.63) is 59.1 Å². The van der Waals surface area contributed by atoms with Crippen LogP contribution in [0.25, 0.3) is 43.7 Å². The molecule has 0 aliphatic carbocycles. The summed E-state index contributed by atoms with van der Waals surface area (Å²) >= 11 is 3.54. The molecule has 3 heteroatoms. The zero-order chi connectivity index (χ0) is 14.0. The third kappa shape index (κ3) is 1.52. The first-order chi connectivity index (χ1) is 10.3. The predicted octanol–water partition coefficient (Wildman–Crippen LogP) is 5.98. The maximum absolute atomic E-state index is 5.98. The molecule has 5 aromatic rings. The van der Waals surface area contributed by atoms with Crippen molar-refractivity contribution < 1.29 is 4.42 Å². The number of halogens is 1. The largest absolute Gasteiger partial charge is 0.456 e. The van der Waals surface area contributed by atoms with Gasteiger partial charge in [-0.05, 0) is 36.4 Å². The van der Waals surface area contributed by atoms with Gasteiger partial charge in [-0.15, -0.1) is 0 Å². The lowest BCUT2D eigenvalue weighted by Crippen LogP contribution is -1.69. The minimum Gasteiger partial charge on any atom is -0.456 e. The van der Waals surface area contributed by atoms with E-state index in [0.717, 1.165) is 37.4 Å². The van der Waals surface area contributed by atoms with Gasteiger partial charge in [0.1, 0.15) is 11.2 Å². The molecule has 0 bridgehead atoms. The fourth-order valence-electron chi connectivity index (χ4n) is 3.09. The van der Waals surface area contributed by atoms with Crippen molar-refractivity contribution in [3.8, 4) is 0 Å². The lowest BCUT2D eigenvalue weighted by Gasteiger charge is -1.93. The van der Waals surface area contributed by atoms with E-state index in [1.165, 1.54) is 10.8 Å². The highest BCUT2D eigenvalue weighted by molar-refractivity contribution is 9.10. The quantitative estimate of drug-likeness (QED) is 0.370. The van der Waals surface area contributed by atoms with Gasteiger partial charge in [-0.2, -0.15) is 0 Å². The fourth-order valence-corrected chi connectivity index (χ4v) is 3.45. The number of H-pyrrole nitrogens is 1. The molecule has 0 amide bonds. The van der Waals surface area contributed by atoms with Crippen LogP contribution in [0, 0.1) is 0 Å². The number of para-hydroxylation sites is 1. The van der Waals surface area contributed by atoms with Crippen LogP contribution in [0.5, 0.6) is 0 Å². The first-order valence-corrected chi connectivity index (χ1v) is 7.61. The molecule has 21 heavy (non-hydrogen) atoms. The lowest BCUT2D eigenvalue weighted by molar-refractivity contribution is 0.669. The zero-order valence-electron chi connectivity index (χ0n) is 11.0. The molecule has 2 aromatic heterocycles. The summed E-state index contributed by atoms with van der Waals surface area (Å²) in [5.41, 5.74) is 4.16. The summed E-state index contributed by atoms with van der Waals surface area (Å²) in [6, 6.07) is 18.8. The molecule has 0 saturated heterocycles. The SMILES string of the molecule is Brc1ccc2[nH]c3cc4c(cc3c2c1)oc1ccccc14. The molecule has 1 N–H and O–H groups in total. The third-order valence-corrected chi connectivity index (χ3v) is 4.55. The van der Waals surface area contributed by atoms with E-state index in [9.17, 15) is 0 Å². The van der Waals surface area contributed by atoms with E-state index in [1.54, 1.807) is 0 Å². The summed E-state index contributed by atoms with van der Waals surface area (Å²) in [4.78, 5) is 3.49. The van der Waals surface area contributed by atoms with E-state index >= 15 is 0 Å². The van der Waals surface area contributed by atoms with Gasteiger partial charge in [0, 0.05) is 37.1 Å². The first kappa shape index (κ1) is 11.4. The normalized spacial score (nSPS) is 12.0. The average molecular weight is 336 g/mol. The average Bonchev–Trinajstić information content (AvgIpc) is 3.02. The number of aromatic nitrogens is 1. The van der Waals surface area contributed by atoms with E-state index in [2.05, 4.69) is 57.3 Å². The summed E-state index contributed by atoms with van der Waals surface area (Å²) in [5, 5.41) is 4.72. The molecule has 0 aliphatic heterocycles. The Balaban J connectivity index is 2.02. The Morgan fingerprint density at radius 3 is 2.52 bits per heavy atom. The molecule has 0 spiro atoms. The Morgan fingerprint density at radius 2 is 1.57 bits per heavy atom. The highest BCUT2D eigenvalue weighted by Gasteiger charge is 2.11. The van der Waals surface area contributed by atoms with Gasteiger partial charge in [-0.1, -0.05) is 34.1 Å². The van der Waals surface area contributed by atoms with Crippen molar-refractivity contribution in [3.63, 3.8) is 0 Å². The second-order valence-electron chi connectivity index (χ2n) is 5.31. The molecule has 3 aromatic carbocycles. The molecule has 2 heterocycles. The number of aromatic amines is 1. The Bertz CT molecular complexity index is 1150. The summed E-state index contributed by atoms with van der Waals surface area (Å²) in [5.74, 6) is 0. The topological polar surface area (TPSA) is 28.9 Å². The zero-order valence-corrected chi connectivity index (χ0v) is 12.6. The summed E-state index contributed by atoms with van der Waals surface area (Å²) in [7, 11) is 0.